The van der Waals surface area contributed by atoms with Crippen LogP contribution in [0.15, 0.2) is 23.1 Å². The molecular formula is C11H8NO3S2. The third kappa shape index (κ3) is 2.59. The fraction of sp³-hybridized carbons (Fsp3) is 0.0909. The van der Waals surface area contributed by atoms with Crippen LogP contribution in [-0.2, 0) is 4.79 Å². The highest BCUT2D eigenvalue weighted by Gasteiger charge is 2.24. The Kier molecular flexibility index (Phi) is 3.35. The zero-order chi connectivity index (χ0) is 12.4. The zero-order valence-corrected chi connectivity index (χ0v) is 10.5. The Bertz CT molecular complexity index is 525. The molecule has 1 amide bonds. The summed E-state index contributed by atoms with van der Waals surface area (Å²) in [5.74, 6) is 0.0848. The van der Waals surface area contributed by atoms with E-state index in [1.54, 1.807) is 18.2 Å². The molecule has 1 N–H and O–H groups in total. The molecule has 1 aliphatic rings. The third-order valence-electron chi connectivity index (χ3n) is 2.10. The molecule has 0 aliphatic carbocycles. The van der Waals surface area contributed by atoms with Gasteiger partial charge in [-0.2, -0.15) is 5.32 Å². The molecule has 1 saturated heterocycles. The Hall–Kier alpha value is -1.53. The maximum Gasteiger partial charge on any atom is 0.285 e. The lowest BCUT2D eigenvalue weighted by Gasteiger charge is -2.03. The van der Waals surface area contributed by atoms with E-state index in [9.17, 15) is 9.90 Å². The van der Waals surface area contributed by atoms with Crippen LogP contribution in [0, 0.1) is 0 Å². The SMILES string of the molecule is COc1cc(C=C2SC(=S)[N]C2=O)ccc1O. The van der Waals surface area contributed by atoms with E-state index in [2.05, 4.69) is 5.32 Å². The van der Waals surface area contributed by atoms with Crippen molar-refractivity contribution < 1.29 is 14.6 Å². The summed E-state index contributed by atoms with van der Waals surface area (Å²) in [7, 11) is 1.46. The van der Waals surface area contributed by atoms with E-state index in [0.717, 1.165) is 17.3 Å². The van der Waals surface area contributed by atoms with Gasteiger partial charge in [0.1, 0.15) is 0 Å². The fourth-order valence-electron chi connectivity index (χ4n) is 1.33. The summed E-state index contributed by atoms with van der Waals surface area (Å²) in [6.45, 7) is 0. The summed E-state index contributed by atoms with van der Waals surface area (Å²) in [5, 5.41) is 13.1. The smallest absolute Gasteiger partial charge is 0.285 e. The van der Waals surface area contributed by atoms with E-state index in [4.69, 9.17) is 17.0 Å². The molecule has 1 heterocycles. The molecule has 17 heavy (non-hydrogen) atoms. The van der Waals surface area contributed by atoms with E-state index in [-0.39, 0.29) is 11.7 Å². The molecule has 1 aromatic rings. The Balaban J connectivity index is 2.33. The number of amides is 1. The Morgan fingerprint density at radius 3 is 2.88 bits per heavy atom. The molecule has 0 aromatic heterocycles. The summed E-state index contributed by atoms with van der Waals surface area (Å²) >= 11 is 5.99. The average Bonchev–Trinajstić information content (AvgIpc) is 2.60. The second kappa shape index (κ2) is 4.77. The zero-order valence-electron chi connectivity index (χ0n) is 8.84. The number of thiocarbonyl (C=S) groups is 1. The van der Waals surface area contributed by atoms with Crippen molar-refractivity contribution in [2.45, 2.75) is 0 Å². The number of phenolic OH excluding ortho intramolecular Hbond substituents is 1. The standard InChI is InChI=1S/C11H8NO3S2/c1-15-8-4-6(2-3-7(8)13)5-9-10(14)12-11(16)17-9/h2-5,13H,1H3. The van der Waals surface area contributed by atoms with Gasteiger partial charge in [0.2, 0.25) is 0 Å². The summed E-state index contributed by atoms with van der Waals surface area (Å²) in [4.78, 5) is 11.9. The van der Waals surface area contributed by atoms with Gasteiger partial charge in [0.25, 0.3) is 5.91 Å². The first-order valence-corrected chi connectivity index (χ1v) is 5.89. The first kappa shape index (κ1) is 11.9. The summed E-state index contributed by atoms with van der Waals surface area (Å²) in [6, 6.07) is 4.82. The van der Waals surface area contributed by atoms with Crippen LogP contribution in [0.1, 0.15) is 5.56 Å². The normalized spacial score (nSPS) is 17.4. The number of ether oxygens (including phenoxy) is 1. The number of aromatic hydroxyl groups is 1. The molecule has 0 bridgehead atoms. The van der Waals surface area contributed by atoms with Crippen LogP contribution in [0.2, 0.25) is 0 Å². The van der Waals surface area contributed by atoms with Gasteiger partial charge in [-0.1, -0.05) is 17.8 Å². The number of hydrogen-bond acceptors (Lipinski definition) is 5. The van der Waals surface area contributed by atoms with Crippen LogP contribution in [0.3, 0.4) is 0 Å². The molecule has 0 unspecified atom stereocenters. The lowest BCUT2D eigenvalue weighted by molar-refractivity contribution is -0.115. The van der Waals surface area contributed by atoms with Gasteiger partial charge in [-0.15, -0.1) is 0 Å². The van der Waals surface area contributed by atoms with Gasteiger partial charge in [-0.05, 0) is 36.0 Å². The first-order chi connectivity index (χ1) is 8.10. The third-order valence-corrected chi connectivity index (χ3v) is 3.22. The van der Waals surface area contributed by atoms with Gasteiger partial charge in [0.05, 0.1) is 12.0 Å². The van der Waals surface area contributed by atoms with Gasteiger partial charge >= 0.3 is 0 Å². The van der Waals surface area contributed by atoms with E-state index < -0.39 is 0 Å². The second-order valence-corrected chi connectivity index (χ2v) is 4.90. The van der Waals surface area contributed by atoms with Gasteiger partial charge in [0.15, 0.2) is 15.8 Å². The van der Waals surface area contributed by atoms with Crippen LogP contribution in [0.5, 0.6) is 11.5 Å². The van der Waals surface area contributed by atoms with Crippen molar-refractivity contribution in [1.82, 2.24) is 5.32 Å². The number of methoxy groups -OCH3 is 1. The molecule has 0 spiro atoms. The lowest BCUT2D eigenvalue weighted by Crippen LogP contribution is -2.08. The second-order valence-electron chi connectivity index (χ2n) is 3.22. The highest BCUT2D eigenvalue weighted by Crippen LogP contribution is 2.30. The average molecular weight is 266 g/mol. The summed E-state index contributed by atoms with van der Waals surface area (Å²) in [6.07, 6.45) is 1.66. The van der Waals surface area contributed by atoms with Crippen LogP contribution in [0.25, 0.3) is 6.08 Å². The van der Waals surface area contributed by atoms with Gasteiger partial charge in [-0.3, -0.25) is 4.79 Å². The number of rotatable bonds is 2. The minimum absolute atomic E-state index is 0.0558. The Morgan fingerprint density at radius 1 is 1.53 bits per heavy atom. The highest BCUT2D eigenvalue weighted by molar-refractivity contribution is 8.26. The molecular weight excluding hydrogens is 258 g/mol. The number of phenols is 1. The molecule has 1 aromatic carbocycles. The van der Waals surface area contributed by atoms with Crippen LogP contribution in [-0.4, -0.2) is 22.4 Å². The molecule has 6 heteroatoms. The molecule has 1 aliphatic heterocycles. The van der Waals surface area contributed by atoms with E-state index in [1.165, 1.54) is 13.2 Å². The van der Waals surface area contributed by atoms with Crippen LogP contribution in [0.4, 0.5) is 0 Å². The number of hydrogen-bond donors (Lipinski definition) is 1. The molecule has 1 radical (unpaired) electrons. The molecule has 87 valence electrons. The number of nitrogens with zero attached hydrogens (tertiary/aromatic N) is 1. The molecule has 2 rings (SSSR count). The number of carbonyl (C=O) groups excluding carboxylic acids is 1. The Labute approximate surface area is 108 Å². The van der Waals surface area contributed by atoms with Crippen molar-refractivity contribution in [3.63, 3.8) is 0 Å². The van der Waals surface area contributed by atoms with Crippen LogP contribution >= 0.6 is 24.0 Å². The predicted molar refractivity (Wildman–Crippen MR) is 70.0 cm³/mol. The van der Waals surface area contributed by atoms with Crippen molar-refractivity contribution in [3.8, 4) is 11.5 Å². The maximum absolute atomic E-state index is 11.4. The van der Waals surface area contributed by atoms with E-state index in [0.29, 0.717) is 15.0 Å². The van der Waals surface area contributed by atoms with E-state index in [1.807, 2.05) is 0 Å². The van der Waals surface area contributed by atoms with Gasteiger partial charge in [-0.25, -0.2) is 0 Å². The topological polar surface area (TPSA) is 60.6 Å². The lowest BCUT2D eigenvalue weighted by atomic mass is 10.2. The Morgan fingerprint density at radius 2 is 2.29 bits per heavy atom. The number of carbonyl (C=O) groups is 1. The summed E-state index contributed by atoms with van der Waals surface area (Å²) in [5.41, 5.74) is 0.746. The summed E-state index contributed by atoms with van der Waals surface area (Å²) < 4.78 is 5.30. The van der Waals surface area contributed by atoms with E-state index >= 15 is 0 Å². The molecule has 4 nitrogen and oxygen atoms in total. The van der Waals surface area contributed by atoms with Crippen molar-refractivity contribution in [2.75, 3.05) is 7.11 Å². The minimum Gasteiger partial charge on any atom is -0.504 e. The van der Waals surface area contributed by atoms with Crippen molar-refractivity contribution >= 4 is 40.3 Å². The first-order valence-electron chi connectivity index (χ1n) is 4.67. The quantitative estimate of drug-likeness (QED) is 0.654. The molecule has 0 saturated carbocycles. The van der Waals surface area contributed by atoms with Crippen molar-refractivity contribution in [2.24, 2.45) is 0 Å². The monoisotopic (exact) mass is 266 g/mol. The molecule has 0 atom stereocenters. The fourth-order valence-corrected chi connectivity index (χ4v) is 2.32. The number of benzene rings is 1. The number of thioether (sulfide) groups is 1. The minimum atomic E-state index is -0.327. The van der Waals surface area contributed by atoms with Crippen LogP contribution < -0.4 is 10.1 Å². The van der Waals surface area contributed by atoms with Crippen molar-refractivity contribution in [1.29, 1.82) is 0 Å². The highest BCUT2D eigenvalue weighted by atomic mass is 32.2. The van der Waals surface area contributed by atoms with Gasteiger partial charge < -0.3 is 9.84 Å². The predicted octanol–water partition coefficient (Wildman–Crippen LogP) is 1.90. The maximum atomic E-state index is 11.4. The molecule has 1 fully saturated rings. The largest absolute Gasteiger partial charge is 0.504 e. The van der Waals surface area contributed by atoms with Crippen molar-refractivity contribution in [3.05, 3.63) is 28.7 Å². The van der Waals surface area contributed by atoms with Gasteiger partial charge in [0, 0.05) is 0 Å².